The molecule has 3 aliphatic heterocycles. The Kier molecular flexibility index (Phi) is 5.29. The van der Waals surface area contributed by atoms with Crippen molar-refractivity contribution < 1.29 is 33.7 Å². The summed E-state index contributed by atoms with van der Waals surface area (Å²) in [5.74, 6) is -1.88. The van der Waals surface area contributed by atoms with Gasteiger partial charge in [-0.3, -0.25) is 9.59 Å². The quantitative estimate of drug-likeness (QED) is 0.479. The van der Waals surface area contributed by atoms with Gasteiger partial charge in [-0.05, 0) is 49.1 Å². The summed E-state index contributed by atoms with van der Waals surface area (Å²) in [4.78, 5) is 38.3. The lowest BCUT2D eigenvalue weighted by molar-refractivity contribution is -0.153. The predicted octanol–water partition coefficient (Wildman–Crippen LogP) is 0.809. The third-order valence-corrected chi connectivity index (χ3v) is 6.78. The van der Waals surface area contributed by atoms with Gasteiger partial charge in [-0.2, -0.15) is 0 Å². The third kappa shape index (κ3) is 3.41. The van der Waals surface area contributed by atoms with Gasteiger partial charge in [0.15, 0.2) is 18.1 Å². The van der Waals surface area contributed by atoms with Crippen LogP contribution in [-0.2, 0) is 20.7 Å². The lowest BCUT2D eigenvalue weighted by Gasteiger charge is -2.37. The van der Waals surface area contributed by atoms with Crippen LogP contribution in [0.4, 0.5) is 10.1 Å². The molecule has 178 valence electrons. The predicted molar refractivity (Wildman–Crippen MR) is 118 cm³/mol. The Balaban J connectivity index is 1.53. The number of aliphatic hydroxyl groups excluding tert-OH is 2. The van der Waals surface area contributed by atoms with Crippen molar-refractivity contribution in [2.45, 2.75) is 45.1 Å². The first-order chi connectivity index (χ1) is 16.2. The fourth-order valence-electron chi connectivity index (χ4n) is 5.01. The Morgan fingerprint density at radius 3 is 2.79 bits per heavy atom. The number of hydrogen-bond donors (Lipinski definition) is 4. The number of nitrogens with zero attached hydrogens (tertiary/aromatic N) is 1. The van der Waals surface area contributed by atoms with Crippen LogP contribution in [0.2, 0.25) is 0 Å². The summed E-state index contributed by atoms with van der Waals surface area (Å²) in [6.07, 6.45) is 1.56. The van der Waals surface area contributed by atoms with Crippen molar-refractivity contribution in [1.29, 1.82) is 0 Å². The molecule has 0 radical (unpaired) electrons. The topological polar surface area (TPSA) is 128 Å². The number of benzene rings is 1. The van der Waals surface area contributed by atoms with Gasteiger partial charge in [0.05, 0.1) is 23.1 Å². The largest absolute Gasteiger partial charge is 0.459 e. The molecule has 10 heteroatoms. The lowest BCUT2D eigenvalue weighted by Crippen LogP contribution is -2.44. The van der Waals surface area contributed by atoms with E-state index in [4.69, 9.17) is 4.74 Å². The van der Waals surface area contributed by atoms with Gasteiger partial charge >= 0.3 is 5.97 Å². The molecule has 1 aromatic rings. The summed E-state index contributed by atoms with van der Waals surface area (Å²) in [5, 5.41) is 26.9. The van der Waals surface area contributed by atoms with E-state index in [1.807, 2.05) is 0 Å². The number of hydrogen-bond acceptors (Lipinski definition) is 8. The highest BCUT2D eigenvalue weighted by Crippen LogP contribution is 2.39. The van der Waals surface area contributed by atoms with Gasteiger partial charge in [0.1, 0.15) is 12.4 Å². The van der Waals surface area contributed by atoms with E-state index in [9.17, 15) is 29.0 Å². The molecule has 0 bridgehead atoms. The molecule has 0 saturated carbocycles. The van der Waals surface area contributed by atoms with Crippen molar-refractivity contribution >= 4 is 23.3 Å². The molecular weight excluding hydrogens is 445 g/mol. The van der Waals surface area contributed by atoms with Crippen LogP contribution in [-0.4, -0.2) is 64.3 Å². The molecule has 3 atom stereocenters. The van der Waals surface area contributed by atoms with E-state index in [1.165, 1.54) is 13.0 Å². The zero-order valence-corrected chi connectivity index (χ0v) is 18.6. The van der Waals surface area contributed by atoms with E-state index < -0.39 is 30.2 Å². The maximum Gasteiger partial charge on any atom is 0.339 e. The van der Waals surface area contributed by atoms with Crippen LogP contribution < -0.4 is 10.6 Å². The molecule has 9 nitrogen and oxygen atoms in total. The smallest absolute Gasteiger partial charge is 0.339 e. The third-order valence-electron chi connectivity index (χ3n) is 6.78. The summed E-state index contributed by atoms with van der Waals surface area (Å²) >= 11 is 0. The summed E-state index contributed by atoms with van der Waals surface area (Å²) < 4.78 is 19.7. The Labute approximate surface area is 194 Å². The summed E-state index contributed by atoms with van der Waals surface area (Å²) in [5.41, 5.74) is 3.22. The minimum Gasteiger partial charge on any atom is -0.459 e. The van der Waals surface area contributed by atoms with Crippen molar-refractivity contribution in [2.24, 2.45) is 0 Å². The van der Waals surface area contributed by atoms with Gasteiger partial charge in [0.25, 0.3) is 0 Å². The number of anilines is 1. The number of carbonyl (C=O) groups is 3. The van der Waals surface area contributed by atoms with Gasteiger partial charge in [0.2, 0.25) is 5.91 Å². The molecule has 1 aliphatic carbocycles. The minimum absolute atomic E-state index is 0.120. The fraction of sp³-hybridized carbons (Fsp3) is 0.375. The van der Waals surface area contributed by atoms with Crippen LogP contribution in [0.15, 0.2) is 40.8 Å². The van der Waals surface area contributed by atoms with Crippen molar-refractivity contribution in [3.05, 3.63) is 63.3 Å². The van der Waals surface area contributed by atoms with Gasteiger partial charge in [-0.1, -0.05) is 0 Å². The molecule has 5 rings (SSSR count). The van der Waals surface area contributed by atoms with Gasteiger partial charge in [0, 0.05) is 30.2 Å². The molecule has 4 N–H and O–H groups in total. The summed E-state index contributed by atoms with van der Waals surface area (Å²) in [7, 11) is 0. The second-order valence-electron chi connectivity index (χ2n) is 8.83. The average Bonchev–Trinajstić information content (AvgIpc) is 3.19. The van der Waals surface area contributed by atoms with Gasteiger partial charge in [-0.25, -0.2) is 9.18 Å². The highest BCUT2D eigenvalue weighted by atomic mass is 19.1. The normalized spacial score (nSPS) is 25.7. The number of cyclic esters (lactones) is 1. The zero-order valence-electron chi connectivity index (χ0n) is 18.6. The standard InChI is InChI=1S/C24H24FN3O6/c1-10-12-3-4-17(26-11(2)29)22(31)20(12)18(8-15(10)25)27-16-5-6-28-19(16)7-13-14(23(28)32)9-34-24(33)21(13)30/h5,7-8,17,21,23,27,30,32H,3-4,6,9H2,1-2H3,(H,26,29)/t17-,21?,23?/m0/s1. The number of aliphatic hydroxyl groups is 2. The van der Waals surface area contributed by atoms with Crippen molar-refractivity contribution in [2.75, 3.05) is 18.5 Å². The number of fused-ring (bicyclic) bond motifs is 2. The van der Waals surface area contributed by atoms with Gasteiger partial charge < -0.3 is 30.5 Å². The molecule has 1 amide bonds. The first-order valence-electron chi connectivity index (χ1n) is 11.0. The minimum atomic E-state index is -1.51. The number of rotatable bonds is 3. The lowest BCUT2D eigenvalue weighted by atomic mass is 9.83. The number of Topliss-reactive ketones (excluding diaryl/α,β-unsaturated/α-hetero) is 1. The van der Waals surface area contributed by atoms with Gasteiger partial charge in [-0.15, -0.1) is 0 Å². The van der Waals surface area contributed by atoms with Crippen molar-refractivity contribution in [1.82, 2.24) is 10.2 Å². The number of esters is 1. The fourth-order valence-corrected chi connectivity index (χ4v) is 5.01. The summed E-state index contributed by atoms with van der Waals surface area (Å²) in [6, 6.07) is 0.555. The van der Waals surface area contributed by atoms with Crippen LogP contribution in [0.5, 0.6) is 0 Å². The zero-order chi connectivity index (χ0) is 24.3. The maximum absolute atomic E-state index is 14.8. The van der Waals surface area contributed by atoms with Crippen LogP contribution in [0.3, 0.4) is 0 Å². The van der Waals surface area contributed by atoms with E-state index in [-0.39, 0.29) is 29.6 Å². The number of halogens is 1. The molecule has 0 saturated heterocycles. The molecule has 2 unspecified atom stereocenters. The number of ketones is 1. The number of nitrogens with one attached hydrogen (secondary N) is 2. The monoisotopic (exact) mass is 469 g/mol. The number of amides is 1. The molecule has 3 heterocycles. The molecular formula is C24H24FN3O6. The average molecular weight is 469 g/mol. The summed E-state index contributed by atoms with van der Waals surface area (Å²) in [6.45, 7) is 3.16. The molecule has 4 aliphatic rings. The first-order valence-corrected chi connectivity index (χ1v) is 11.0. The molecule has 0 spiro atoms. The van der Waals surface area contributed by atoms with E-state index in [1.54, 1.807) is 24.0 Å². The van der Waals surface area contributed by atoms with Crippen molar-refractivity contribution in [3.63, 3.8) is 0 Å². The first kappa shape index (κ1) is 22.3. The maximum atomic E-state index is 14.8. The SMILES string of the molecule is CC(=O)N[C@H]1CCc2c(C)c(F)cc(NC3=CCN4C3=CC3=C(COC(=O)C3O)C4O)c2C1=O. The highest BCUT2D eigenvalue weighted by Gasteiger charge is 2.40. The number of ether oxygens (including phenoxy) is 1. The van der Waals surface area contributed by atoms with E-state index >= 15 is 0 Å². The second-order valence-corrected chi connectivity index (χ2v) is 8.83. The van der Waals surface area contributed by atoms with E-state index in [0.717, 1.165) is 0 Å². The second kappa shape index (κ2) is 8.07. The molecule has 1 aromatic carbocycles. The van der Waals surface area contributed by atoms with Crippen LogP contribution in [0.25, 0.3) is 0 Å². The van der Waals surface area contributed by atoms with Crippen LogP contribution in [0, 0.1) is 12.7 Å². The van der Waals surface area contributed by atoms with E-state index in [2.05, 4.69) is 10.6 Å². The Morgan fingerprint density at radius 2 is 2.06 bits per heavy atom. The Morgan fingerprint density at radius 1 is 1.29 bits per heavy atom. The van der Waals surface area contributed by atoms with Crippen LogP contribution >= 0.6 is 0 Å². The van der Waals surface area contributed by atoms with E-state index in [0.29, 0.717) is 53.0 Å². The number of carbonyl (C=O) groups excluding carboxylic acids is 3. The molecule has 0 fully saturated rings. The molecule has 34 heavy (non-hydrogen) atoms. The van der Waals surface area contributed by atoms with Crippen molar-refractivity contribution in [3.8, 4) is 0 Å². The molecule has 0 aromatic heterocycles. The Bertz CT molecular complexity index is 1230. The highest BCUT2D eigenvalue weighted by molar-refractivity contribution is 6.08. The van der Waals surface area contributed by atoms with Crippen LogP contribution in [0.1, 0.15) is 34.8 Å². The Hall–Kier alpha value is -3.50.